The Morgan fingerprint density at radius 2 is 1.74 bits per heavy atom. The van der Waals surface area contributed by atoms with Crippen LogP contribution in [0.2, 0.25) is 0 Å². The van der Waals surface area contributed by atoms with Gasteiger partial charge in [-0.1, -0.05) is 48.2 Å². The van der Waals surface area contributed by atoms with Crippen molar-refractivity contribution in [1.82, 2.24) is 24.1 Å². The summed E-state index contributed by atoms with van der Waals surface area (Å²) in [5, 5.41) is 9.84. The fourth-order valence-corrected chi connectivity index (χ4v) is 4.35. The topological polar surface area (TPSA) is 57.2 Å². The predicted octanol–water partition coefficient (Wildman–Crippen LogP) is 5.19. The Balaban J connectivity index is 1.51. The number of pyridine rings is 1. The van der Waals surface area contributed by atoms with E-state index in [9.17, 15) is 0 Å². The van der Waals surface area contributed by atoms with Crippen molar-refractivity contribution in [2.24, 2.45) is 0 Å². The van der Waals surface area contributed by atoms with E-state index in [2.05, 4.69) is 38.4 Å². The second kappa shape index (κ2) is 8.28. The van der Waals surface area contributed by atoms with Crippen molar-refractivity contribution in [2.75, 3.05) is 7.11 Å². The lowest BCUT2D eigenvalue weighted by Gasteiger charge is -2.11. The van der Waals surface area contributed by atoms with E-state index in [4.69, 9.17) is 9.72 Å². The van der Waals surface area contributed by atoms with Crippen LogP contribution in [0.1, 0.15) is 11.3 Å². The Hall–Kier alpha value is -3.58. The van der Waals surface area contributed by atoms with Crippen molar-refractivity contribution >= 4 is 17.4 Å². The standard InChI is InChI=1S/C24H21N5OS/c1-17-7-6-14-28-15-19(25-22(17)28)16-31-24-27-26-23(18-8-4-3-5-9-18)29(24)20-10-12-21(30-2)13-11-20/h3-15H,16H2,1-2H3. The van der Waals surface area contributed by atoms with Crippen LogP contribution in [0.15, 0.2) is 84.3 Å². The van der Waals surface area contributed by atoms with Crippen molar-refractivity contribution in [1.29, 1.82) is 0 Å². The maximum Gasteiger partial charge on any atom is 0.196 e. The minimum atomic E-state index is 0.699. The molecular formula is C24H21N5OS. The molecule has 0 bridgehead atoms. The molecule has 0 radical (unpaired) electrons. The number of imidazole rings is 1. The van der Waals surface area contributed by atoms with Crippen molar-refractivity contribution < 1.29 is 4.74 Å². The summed E-state index contributed by atoms with van der Waals surface area (Å²) < 4.78 is 9.47. The second-order valence-electron chi connectivity index (χ2n) is 7.15. The molecule has 31 heavy (non-hydrogen) atoms. The molecule has 0 aliphatic carbocycles. The van der Waals surface area contributed by atoms with Gasteiger partial charge >= 0.3 is 0 Å². The van der Waals surface area contributed by atoms with Gasteiger partial charge in [-0.05, 0) is 42.8 Å². The van der Waals surface area contributed by atoms with E-state index in [1.165, 1.54) is 0 Å². The van der Waals surface area contributed by atoms with Crippen LogP contribution in [0, 0.1) is 6.92 Å². The minimum absolute atomic E-state index is 0.699. The number of aromatic nitrogens is 5. The third-order valence-electron chi connectivity index (χ3n) is 5.07. The summed E-state index contributed by atoms with van der Waals surface area (Å²) in [5.74, 6) is 2.32. The Labute approximate surface area is 184 Å². The summed E-state index contributed by atoms with van der Waals surface area (Å²) in [6.45, 7) is 2.08. The summed E-state index contributed by atoms with van der Waals surface area (Å²) in [6, 6.07) is 22.2. The number of aryl methyl sites for hydroxylation is 1. The van der Waals surface area contributed by atoms with Crippen LogP contribution in [0.4, 0.5) is 0 Å². The number of rotatable bonds is 6. The van der Waals surface area contributed by atoms with Gasteiger partial charge in [-0.2, -0.15) is 0 Å². The predicted molar refractivity (Wildman–Crippen MR) is 123 cm³/mol. The summed E-state index contributed by atoms with van der Waals surface area (Å²) in [4.78, 5) is 4.79. The number of hydrogen-bond donors (Lipinski definition) is 0. The molecule has 7 heteroatoms. The van der Waals surface area contributed by atoms with Gasteiger partial charge in [-0.25, -0.2) is 4.98 Å². The van der Waals surface area contributed by atoms with E-state index in [-0.39, 0.29) is 0 Å². The maximum atomic E-state index is 5.32. The number of benzene rings is 2. The highest BCUT2D eigenvalue weighted by Gasteiger charge is 2.17. The number of ether oxygens (including phenoxy) is 1. The highest BCUT2D eigenvalue weighted by Crippen LogP contribution is 2.30. The molecule has 0 fully saturated rings. The molecule has 0 aliphatic rings. The molecule has 0 atom stereocenters. The van der Waals surface area contributed by atoms with Crippen molar-refractivity contribution in [2.45, 2.75) is 17.8 Å². The first-order valence-electron chi connectivity index (χ1n) is 9.94. The number of fused-ring (bicyclic) bond motifs is 1. The third-order valence-corrected chi connectivity index (χ3v) is 6.04. The fraction of sp³-hybridized carbons (Fsp3) is 0.125. The van der Waals surface area contributed by atoms with Crippen LogP contribution in [0.5, 0.6) is 5.75 Å². The summed E-state index contributed by atoms with van der Waals surface area (Å²) in [7, 11) is 1.67. The molecule has 0 unspecified atom stereocenters. The average Bonchev–Trinajstić information content (AvgIpc) is 3.43. The average molecular weight is 428 g/mol. The molecule has 2 aromatic carbocycles. The molecule has 0 aliphatic heterocycles. The van der Waals surface area contributed by atoms with Crippen LogP contribution in [-0.4, -0.2) is 31.3 Å². The molecule has 3 aromatic heterocycles. The molecule has 0 N–H and O–H groups in total. The van der Waals surface area contributed by atoms with Gasteiger partial charge in [0.2, 0.25) is 0 Å². The van der Waals surface area contributed by atoms with Gasteiger partial charge in [0.1, 0.15) is 11.4 Å². The van der Waals surface area contributed by atoms with E-state index in [0.717, 1.165) is 44.9 Å². The molecule has 154 valence electrons. The van der Waals surface area contributed by atoms with Crippen LogP contribution in [0.3, 0.4) is 0 Å². The van der Waals surface area contributed by atoms with Gasteiger partial charge in [-0.3, -0.25) is 4.57 Å². The Morgan fingerprint density at radius 1 is 0.935 bits per heavy atom. The number of methoxy groups -OCH3 is 1. The van der Waals surface area contributed by atoms with E-state index >= 15 is 0 Å². The Morgan fingerprint density at radius 3 is 2.48 bits per heavy atom. The van der Waals surface area contributed by atoms with Crippen LogP contribution >= 0.6 is 11.8 Å². The quantitative estimate of drug-likeness (QED) is 0.349. The summed E-state index contributed by atoms with van der Waals surface area (Å²) in [6.07, 6.45) is 4.10. The Bertz CT molecular complexity index is 1330. The van der Waals surface area contributed by atoms with E-state index in [0.29, 0.717) is 5.75 Å². The normalized spacial score (nSPS) is 11.2. The number of nitrogens with zero attached hydrogens (tertiary/aromatic N) is 5. The molecule has 6 nitrogen and oxygen atoms in total. The lowest BCUT2D eigenvalue weighted by atomic mass is 10.2. The highest BCUT2D eigenvalue weighted by atomic mass is 32.2. The van der Waals surface area contributed by atoms with Crippen molar-refractivity contribution in [3.63, 3.8) is 0 Å². The molecule has 0 amide bonds. The van der Waals surface area contributed by atoms with Crippen LogP contribution < -0.4 is 4.74 Å². The first-order valence-corrected chi connectivity index (χ1v) is 10.9. The molecule has 0 saturated heterocycles. The molecular weight excluding hydrogens is 406 g/mol. The zero-order valence-electron chi connectivity index (χ0n) is 17.3. The maximum absolute atomic E-state index is 5.32. The molecule has 5 aromatic rings. The van der Waals surface area contributed by atoms with Crippen molar-refractivity contribution in [3.05, 3.63) is 90.4 Å². The van der Waals surface area contributed by atoms with Gasteiger partial charge < -0.3 is 9.14 Å². The summed E-state index contributed by atoms with van der Waals surface area (Å²) >= 11 is 1.62. The van der Waals surface area contributed by atoms with Gasteiger partial charge in [0, 0.05) is 29.4 Å². The van der Waals surface area contributed by atoms with Gasteiger partial charge in [0.05, 0.1) is 12.8 Å². The van der Waals surface area contributed by atoms with E-state index in [1.807, 2.05) is 66.9 Å². The molecule has 3 heterocycles. The molecule has 5 rings (SSSR count). The second-order valence-corrected chi connectivity index (χ2v) is 8.09. The molecule has 0 saturated carbocycles. The number of thioether (sulfide) groups is 1. The first-order chi connectivity index (χ1) is 15.2. The summed E-state index contributed by atoms with van der Waals surface area (Å²) in [5.41, 5.74) is 5.15. The zero-order valence-corrected chi connectivity index (χ0v) is 18.1. The fourth-order valence-electron chi connectivity index (χ4n) is 3.51. The third kappa shape index (κ3) is 3.80. The largest absolute Gasteiger partial charge is 0.497 e. The highest BCUT2D eigenvalue weighted by molar-refractivity contribution is 7.98. The smallest absolute Gasteiger partial charge is 0.196 e. The minimum Gasteiger partial charge on any atom is -0.497 e. The van der Waals surface area contributed by atoms with Gasteiger partial charge in [-0.15, -0.1) is 10.2 Å². The van der Waals surface area contributed by atoms with Gasteiger partial charge in [0.15, 0.2) is 11.0 Å². The first kappa shape index (κ1) is 19.4. The van der Waals surface area contributed by atoms with Crippen LogP contribution in [-0.2, 0) is 5.75 Å². The number of hydrogen-bond acceptors (Lipinski definition) is 5. The monoisotopic (exact) mass is 427 g/mol. The lowest BCUT2D eigenvalue weighted by Crippen LogP contribution is -2.00. The van der Waals surface area contributed by atoms with Gasteiger partial charge in [0.25, 0.3) is 0 Å². The van der Waals surface area contributed by atoms with Crippen molar-refractivity contribution in [3.8, 4) is 22.8 Å². The zero-order chi connectivity index (χ0) is 21.2. The van der Waals surface area contributed by atoms with Crippen LogP contribution in [0.25, 0.3) is 22.7 Å². The van der Waals surface area contributed by atoms with E-state index < -0.39 is 0 Å². The SMILES string of the molecule is COc1ccc(-n2c(SCc3cn4cccc(C)c4n3)nnc2-c2ccccc2)cc1. The lowest BCUT2D eigenvalue weighted by molar-refractivity contribution is 0.414. The molecule has 0 spiro atoms. The van der Waals surface area contributed by atoms with E-state index in [1.54, 1.807) is 18.9 Å². The Kier molecular flexibility index (Phi) is 5.18.